The first kappa shape index (κ1) is 11.7. The monoisotopic (exact) mass is 250 g/mol. The number of nitrogens with one attached hydrogen (secondary N) is 1. The third kappa shape index (κ3) is 2.42. The zero-order valence-electron chi connectivity index (χ0n) is 10.6. The van der Waals surface area contributed by atoms with Crippen molar-refractivity contribution in [3.05, 3.63) is 21.9 Å². The Kier molecular flexibility index (Phi) is 3.50. The lowest BCUT2D eigenvalue weighted by atomic mass is 9.95. The molecule has 0 radical (unpaired) electrons. The molecule has 17 heavy (non-hydrogen) atoms. The Morgan fingerprint density at radius 3 is 3.29 bits per heavy atom. The molecule has 0 saturated carbocycles. The van der Waals surface area contributed by atoms with Crippen molar-refractivity contribution in [2.45, 2.75) is 32.2 Å². The fourth-order valence-electron chi connectivity index (χ4n) is 3.22. The van der Waals surface area contributed by atoms with Crippen molar-refractivity contribution < 1.29 is 0 Å². The maximum atomic E-state index is 3.53. The molecule has 2 aliphatic rings. The first-order valence-corrected chi connectivity index (χ1v) is 7.73. The van der Waals surface area contributed by atoms with E-state index in [4.69, 9.17) is 0 Å². The van der Waals surface area contributed by atoms with Gasteiger partial charge in [0.2, 0.25) is 0 Å². The lowest BCUT2D eigenvalue weighted by Crippen LogP contribution is -2.41. The second-order valence-corrected chi connectivity index (χ2v) is 6.43. The molecule has 2 nitrogen and oxygen atoms in total. The maximum Gasteiger partial charge on any atom is 0.0331 e. The summed E-state index contributed by atoms with van der Waals surface area (Å²) >= 11 is 1.94. The molecule has 0 bridgehead atoms. The highest BCUT2D eigenvalue weighted by Crippen LogP contribution is 2.33. The molecule has 3 heteroatoms. The topological polar surface area (TPSA) is 15.3 Å². The third-order valence-corrected chi connectivity index (χ3v) is 5.29. The zero-order valence-corrected chi connectivity index (χ0v) is 11.4. The highest BCUT2D eigenvalue weighted by molar-refractivity contribution is 7.10. The van der Waals surface area contributed by atoms with Crippen LogP contribution in [0, 0.1) is 5.92 Å². The van der Waals surface area contributed by atoms with Crippen LogP contribution in [0.4, 0.5) is 0 Å². The molecule has 2 atom stereocenters. The van der Waals surface area contributed by atoms with Crippen molar-refractivity contribution in [3.63, 3.8) is 0 Å². The Hall–Kier alpha value is -0.380. The summed E-state index contributed by atoms with van der Waals surface area (Å²) in [7, 11) is 0. The van der Waals surface area contributed by atoms with Gasteiger partial charge in [-0.05, 0) is 62.2 Å². The molecule has 0 amide bonds. The summed E-state index contributed by atoms with van der Waals surface area (Å²) in [5.41, 5.74) is 1.59. The smallest absolute Gasteiger partial charge is 0.0331 e. The van der Waals surface area contributed by atoms with Crippen molar-refractivity contribution >= 4 is 11.3 Å². The SMILES string of the molecule is CC1c2ccsc2CCN1C[C@@H]1CCCNC1. The first-order chi connectivity index (χ1) is 8.34. The highest BCUT2D eigenvalue weighted by Gasteiger charge is 2.26. The molecular weight excluding hydrogens is 228 g/mol. The van der Waals surface area contributed by atoms with Gasteiger partial charge in [-0.1, -0.05) is 0 Å². The van der Waals surface area contributed by atoms with Crippen LogP contribution in [-0.4, -0.2) is 31.1 Å². The normalized spacial score (nSPS) is 30.2. The second kappa shape index (κ2) is 5.09. The molecule has 94 valence electrons. The van der Waals surface area contributed by atoms with Gasteiger partial charge >= 0.3 is 0 Å². The zero-order chi connectivity index (χ0) is 11.7. The number of piperidine rings is 1. The molecular formula is C14H22N2S. The summed E-state index contributed by atoms with van der Waals surface area (Å²) in [5.74, 6) is 0.867. The summed E-state index contributed by atoms with van der Waals surface area (Å²) in [6, 6.07) is 2.96. The van der Waals surface area contributed by atoms with Crippen LogP contribution in [0.5, 0.6) is 0 Å². The summed E-state index contributed by atoms with van der Waals surface area (Å²) in [4.78, 5) is 4.31. The minimum atomic E-state index is 0.631. The van der Waals surface area contributed by atoms with Crippen LogP contribution in [-0.2, 0) is 6.42 Å². The van der Waals surface area contributed by atoms with Crippen molar-refractivity contribution in [2.75, 3.05) is 26.2 Å². The van der Waals surface area contributed by atoms with Crippen LogP contribution < -0.4 is 5.32 Å². The summed E-state index contributed by atoms with van der Waals surface area (Å²) < 4.78 is 0. The quantitative estimate of drug-likeness (QED) is 0.868. The van der Waals surface area contributed by atoms with Crippen LogP contribution in [0.15, 0.2) is 11.4 Å². The largest absolute Gasteiger partial charge is 0.316 e. The van der Waals surface area contributed by atoms with Gasteiger partial charge in [-0.15, -0.1) is 11.3 Å². The van der Waals surface area contributed by atoms with E-state index in [2.05, 4.69) is 28.6 Å². The van der Waals surface area contributed by atoms with Crippen LogP contribution in [0.25, 0.3) is 0 Å². The molecule has 1 aromatic heterocycles. The Labute approximate surface area is 108 Å². The highest BCUT2D eigenvalue weighted by atomic mass is 32.1. The number of fused-ring (bicyclic) bond motifs is 1. The van der Waals surface area contributed by atoms with Gasteiger partial charge < -0.3 is 5.32 Å². The van der Waals surface area contributed by atoms with Gasteiger partial charge in [0, 0.05) is 24.0 Å². The van der Waals surface area contributed by atoms with Crippen molar-refractivity contribution in [2.24, 2.45) is 5.92 Å². The van der Waals surface area contributed by atoms with Crippen LogP contribution >= 0.6 is 11.3 Å². The number of thiophene rings is 1. The van der Waals surface area contributed by atoms with Gasteiger partial charge in [0.05, 0.1) is 0 Å². The standard InChI is InChI=1S/C14H22N2S/c1-11-13-5-8-17-14(13)4-7-16(11)10-12-3-2-6-15-9-12/h5,8,11-12,15H,2-4,6-7,9-10H2,1H3/t11?,12-/m1/s1. The molecule has 1 N–H and O–H groups in total. The van der Waals surface area contributed by atoms with Crippen molar-refractivity contribution in [1.29, 1.82) is 0 Å². The van der Waals surface area contributed by atoms with Crippen molar-refractivity contribution in [3.8, 4) is 0 Å². The average Bonchev–Trinajstić information content (AvgIpc) is 2.83. The number of hydrogen-bond acceptors (Lipinski definition) is 3. The van der Waals surface area contributed by atoms with E-state index in [0.29, 0.717) is 6.04 Å². The Balaban J connectivity index is 1.65. The third-order valence-electron chi connectivity index (χ3n) is 4.30. The molecule has 0 spiro atoms. The summed E-state index contributed by atoms with van der Waals surface area (Å²) in [6.07, 6.45) is 4.03. The van der Waals surface area contributed by atoms with E-state index in [0.717, 1.165) is 5.92 Å². The Bertz CT molecular complexity index is 368. The predicted molar refractivity (Wildman–Crippen MR) is 73.6 cm³/mol. The van der Waals surface area contributed by atoms with E-state index < -0.39 is 0 Å². The van der Waals surface area contributed by atoms with Gasteiger partial charge in [0.25, 0.3) is 0 Å². The Morgan fingerprint density at radius 1 is 1.53 bits per heavy atom. The summed E-state index contributed by atoms with van der Waals surface area (Å²) in [6.45, 7) is 7.36. The first-order valence-electron chi connectivity index (χ1n) is 6.85. The van der Waals surface area contributed by atoms with Gasteiger partial charge in [-0.25, -0.2) is 0 Å². The van der Waals surface area contributed by atoms with Gasteiger partial charge in [-0.3, -0.25) is 4.90 Å². The van der Waals surface area contributed by atoms with Crippen LogP contribution in [0.3, 0.4) is 0 Å². The molecule has 1 fully saturated rings. The summed E-state index contributed by atoms with van der Waals surface area (Å²) in [5, 5.41) is 5.79. The molecule has 3 heterocycles. The van der Waals surface area contributed by atoms with E-state index in [1.54, 1.807) is 10.4 Å². The van der Waals surface area contributed by atoms with E-state index in [1.807, 2.05) is 11.3 Å². The minimum Gasteiger partial charge on any atom is -0.316 e. The second-order valence-electron chi connectivity index (χ2n) is 5.43. The average molecular weight is 250 g/mol. The van der Waals surface area contributed by atoms with E-state index >= 15 is 0 Å². The van der Waals surface area contributed by atoms with E-state index in [9.17, 15) is 0 Å². The molecule has 2 aliphatic heterocycles. The molecule has 3 rings (SSSR count). The van der Waals surface area contributed by atoms with E-state index in [1.165, 1.54) is 45.4 Å². The lowest BCUT2D eigenvalue weighted by molar-refractivity contribution is 0.155. The van der Waals surface area contributed by atoms with E-state index in [-0.39, 0.29) is 0 Å². The fourth-order valence-corrected chi connectivity index (χ4v) is 4.19. The van der Waals surface area contributed by atoms with Crippen molar-refractivity contribution in [1.82, 2.24) is 10.2 Å². The fraction of sp³-hybridized carbons (Fsp3) is 0.714. The molecule has 1 aromatic rings. The molecule has 0 aromatic carbocycles. The van der Waals surface area contributed by atoms with Gasteiger partial charge in [0.1, 0.15) is 0 Å². The van der Waals surface area contributed by atoms with Crippen LogP contribution in [0.2, 0.25) is 0 Å². The molecule has 0 aliphatic carbocycles. The lowest BCUT2D eigenvalue weighted by Gasteiger charge is -2.37. The predicted octanol–water partition coefficient (Wildman–Crippen LogP) is 2.67. The number of nitrogens with zero attached hydrogens (tertiary/aromatic N) is 1. The molecule has 1 saturated heterocycles. The number of rotatable bonds is 2. The van der Waals surface area contributed by atoms with Crippen LogP contribution in [0.1, 0.15) is 36.2 Å². The minimum absolute atomic E-state index is 0.631. The van der Waals surface area contributed by atoms with Gasteiger partial charge in [-0.2, -0.15) is 0 Å². The Morgan fingerprint density at radius 2 is 2.47 bits per heavy atom. The maximum absolute atomic E-state index is 3.53. The number of hydrogen-bond donors (Lipinski definition) is 1. The molecule has 1 unspecified atom stereocenters. The van der Waals surface area contributed by atoms with Gasteiger partial charge in [0.15, 0.2) is 0 Å².